The highest BCUT2D eigenvalue weighted by molar-refractivity contribution is 7.08. The first kappa shape index (κ1) is 14.5. The number of hydrogen-bond donors (Lipinski definition) is 1. The highest BCUT2D eigenvalue weighted by Crippen LogP contribution is 2.22. The van der Waals surface area contributed by atoms with Gasteiger partial charge in [-0.2, -0.15) is 16.4 Å². The Labute approximate surface area is 123 Å². The molecule has 0 bridgehead atoms. The third-order valence-electron chi connectivity index (χ3n) is 2.94. The summed E-state index contributed by atoms with van der Waals surface area (Å²) in [7, 11) is 0. The van der Waals surface area contributed by atoms with Crippen LogP contribution in [0.2, 0.25) is 0 Å². The van der Waals surface area contributed by atoms with E-state index in [2.05, 4.69) is 31.3 Å². The Morgan fingerprint density at radius 1 is 1.20 bits per heavy atom. The number of carbonyl (C=O) groups is 1. The summed E-state index contributed by atoms with van der Waals surface area (Å²) >= 11 is 1.59. The number of hydrazone groups is 1. The van der Waals surface area contributed by atoms with Crippen LogP contribution in [0.3, 0.4) is 0 Å². The second-order valence-corrected chi connectivity index (χ2v) is 6.36. The van der Waals surface area contributed by atoms with Crippen LogP contribution in [-0.4, -0.2) is 12.1 Å². The maximum absolute atomic E-state index is 11.9. The van der Waals surface area contributed by atoms with Crippen LogP contribution in [0.15, 0.2) is 46.2 Å². The smallest absolute Gasteiger partial charge is 0.267 e. The SMILES string of the molecule is CC(C)(C)c1ccc(C(=O)NN=Cc2ccsc2)cc1. The van der Waals surface area contributed by atoms with Crippen molar-refractivity contribution in [2.24, 2.45) is 5.10 Å². The van der Waals surface area contributed by atoms with Crippen molar-refractivity contribution in [3.63, 3.8) is 0 Å². The van der Waals surface area contributed by atoms with E-state index in [4.69, 9.17) is 0 Å². The molecule has 104 valence electrons. The number of benzene rings is 1. The summed E-state index contributed by atoms with van der Waals surface area (Å²) < 4.78 is 0. The number of carbonyl (C=O) groups excluding carboxylic acids is 1. The molecule has 0 saturated heterocycles. The molecule has 0 atom stereocenters. The van der Waals surface area contributed by atoms with Crippen LogP contribution in [0.5, 0.6) is 0 Å². The molecule has 0 aliphatic carbocycles. The molecule has 0 unspecified atom stereocenters. The number of thiophene rings is 1. The standard InChI is InChI=1S/C16H18N2OS/c1-16(2,3)14-6-4-13(5-7-14)15(19)18-17-10-12-8-9-20-11-12/h4-11H,1-3H3,(H,18,19). The first-order valence-electron chi connectivity index (χ1n) is 6.43. The van der Waals surface area contributed by atoms with Crippen LogP contribution in [0.25, 0.3) is 0 Å². The van der Waals surface area contributed by atoms with Gasteiger partial charge < -0.3 is 0 Å². The molecule has 0 fully saturated rings. The van der Waals surface area contributed by atoms with E-state index >= 15 is 0 Å². The molecule has 3 nitrogen and oxygen atoms in total. The van der Waals surface area contributed by atoms with Crippen molar-refractivity contribution in [2.75, 3.05) is 0 Å². The lowest BCUT2D eigenvalue weighted by molar-refractivity contribution is 0.0955. The van der Waals surface area contributed by atoms with Gasteiger partial charge in [-0.05, 0) is 39.9 Å². The normalized spacial score (nSPS) is 11.8. The van der Waals surface area contributed by atoms with Gasteiger partial charge in [0.05, 0.1) is 6.21 Å². The molecule has 0 aliphatic rings. The van der Waals surface area contributed by atoms with Gasteiger partial charge in [0.15, 0.2) is 0 Å². The van der Waals surface area contributed by atoms with Crippen LogP contribution in [0, 0.1) is 0 Å². The van der Waals surface area contributed by atoms with E-state index in [9.17, 15) is 4.79 Å². The van der Waals surface area contributed by atoms with E-state index in [-0.39, 0.29) is 11.3 Å². The monoisotopic (exact) mass is 286 g/mol. The first-order valence-corrected chi connectivity index (χ1v) is 7.37. The summed E-state index contributed by atoms with van der Waals surface area (Å²) in [6, 6.07) is 9.57. The Morgan fingerprint density at radius 3 is 2.45 bits per heavy atom. The van der Waals surface area contributed by atoms with Gasteiger partial charge in [-0.1, -0.05) is 32.9 Å². The Kier molecular flexibility index (Phi) is 4.35. The molecule has 4 heteroatoms. The maximum atomic E-state index is 11.9. The molecule has 0 aliphatic heterocycles. The van der Waals surface area contributed by atoms with Gasteiger partial charge in [-0.15, -0.1) is 0 Å². The quantitative estimate of drug-likeness (QED) is 0.676. The van der Waals surface area contributed by atoms with Crippen molar-refractivity contribution >= 4 is 23.5 Å². The molecule has 0 saturated carbocycles. The fourth-order valence-electron chi connectivity index (χ4n) is 1.70. The number of amides is 1. The highest BCUT2D eigenvalue weighted by atomic mass is 32.1. The lowest BCUT2D eigenvalue weighted by atomic mass is 9.87. The zero-order chi connectivity index (χ0) is 14.6. The zero-order valence-corrected chi connectivity index (χ0v) is 12.7. The second-order valence-electron chi connectivity index (χ2n) is 5.58. The van der Waals surface area contributed by atoms with Crippen molar-refractivity contribution < 1.29 is 4.79 Å². The predicted octanol–water partition coefficient (Wildman–Crippen LogP) is 3.81. The minimum absolute atomic E-state index is 0.0894. The van der Waals surface area contributed by atoms with E-state index in [0.717, 1.165) is 5.56 Å². The molecule has 2 rings (SSSR count). The molecule has 1 N–H and O–H groups in total. The van der Waals surface area contributed by atoms with E-state index < -0.39 is 0 Å². The third-order valence-corrected chi connectivity index (χ3v) is 3.64. The Hall–Kier alpha value is -1.94. The molecule has 0 radical (unpaired) electrons. The largest absolute Gasteiger partial charge is 0.271 e. The number of nitrogens with zero attached hydrogens (tertiary/aromatic N) is 1. The fourth-order valence-corrected chi connectivity index (χ4v) is 2.31. The van der Waals surface area contributed by atoms with E-state index in [1.165, 1.54) is 5.56 Å². The molecular weight excluding hydrogens is 268 g/mol. The van der Waals surface area contributed by atoms with Gasteiger partial charge in [-0.3, -0.25) is 4.79 Å². The number of hydrogen-bond acceptors (Lipinski definition) is 3. The van der Waals surface area contributed by atoms with Crippen LogP contribution in [0.1, 0.15) is 42.3 Å². The predicted molar refractivity (Wildman–Crippen MR) is 84.5 cm³/mol. The Morgan fingerprint density at radius 2 is 1.90 bits per heavy atom. The first-order chi connectivity index (χ1) is 9.47. The van der Waals surface area contributed by atoms with Gasteiger partial charge in [0.1, 0.15) is 0 Å². The van der Waals surface area contributed by atoms with E-state index in [1.54, 1.807) is 17.6 Å². The van der Waals surface area contributed by atoms with Crippen LogP contribution in [-0.2, 0) is 5.41 Å². The average molecular weight is 286 g/mol. The summed E-state index contributed by atoms with van der Waals surface area (Å²) in [4.78, 5) is 11.9. The summed E-state index contributed by atoms with van der Waals surface area (Å²) in [6.07, 6.45) is 1.64. The van der Waals surface area contributed by atoms with Gasteiger partial charge in [0.25, 0.3) is 5.91 Å². The van der Waals surface area contributed by atoms with Crippen molar-refractivity contribution in [3.8, 4) is 0 Å². The lowest BCUT2D eigenvalue weighted by Gasteiger charge is -2.18. The molecule has 1 aromatic heterocycles. The fraction of sp³-hybridized carbons (Fsp3) is 0.250. The Balaban J connectivity index is 1.99. The molecule has 0 spiro atoms. The Bertz CT molecular complexity index is 592. The third kappa shape index (κ3) is 3.78. The van der Waals surface area contributed by atoms with Crippen molar-refractivity contribution in [1.82, 2.24) is 5.43 Å². The number of nitrogens with one attached hydrogen (secondary N) is 1. The van der Waals surface area contributed by atoms with Crippen molar-refractivity contribution in [3.05, 3.63) is 57.8 Å². The van der Waals surface area contributed by atoms with Crippen LogP contribution >= 0.6 is 11.3 Å². The maximum Gasteiger partial charge on any atom is 0.271 e. The van der Waals surface area contributed by atoms with Gasteiger partial charge in [-0.25, -0.2) is 5.43 Å². The summed E-state index contributed by atoms with van der Waals surface area (Å²) in [5.41, 5.74) is 5.42. The molecule has 1 aromatic carbocycles. The molecule has 1 heterocycles. The minimum atomic E-state index is -0.197. The van der Waals surface area contributed by atoms with Crippen LogP contribution < -0.4 is 5.43 Å². The van der Waals surface area contributed by atoms with Gasteiger partial charge in [0.2, 0.25) is 0 Å². The van der Waals surface area contributed by atoms with E-state index in [0.29, 0.717) is 5.56 Å². The topological polar surface area (TPSA) is 41.5 Å². The molecule has 2 aromatic rings. The molecular formula is C16H18N2OS. The number of rotatable bonds is 3. The average Bonchev–Trinajstić information content (AvgIpc) is 2.91. The second kappa shape index (κ2) is 6.01. The van der Waals surface area contributed by atoms with Crippen LogP contribution in [0.4, 0.5) is 0 Å². The summed E-state index contributed by atoms with van der Waals surface area (Å²) in [6.45, 7) is 6.44. The van der Waals surface area contributed by atoms with E-state index in [1.807, 2.05) is 41.1 Å². The minimum Gasteiger partial charge on any atom is -0.267 e. The van der Waals surface area contributed by atoms with Gasteiger partial charge in [0, 0.05) is 11.1 Å². The van der Waals surface area contributed by atoms with Gasteiger partial charge >= 0.3 is 0 Å². The summed E-state index contributed by atoms with van der Waals surface area (Å²) in [5.74, 6) is -0.197. The highest BCUT2D eigenvalue weighted by Gasteiger charge is 2.13. The summed E-state index contributed by atoms with van der Waals surface area (Å²) in [5, 5.41) is 7.88. The van der Waals surface area contributed by atoms with Crippen molar-refractivity contribution in [1.29, 1.82) is 0 Å². The van der Waals surface area contributed by atoms with Crippen molar-refractivity contribution in [2.45, 2.75) is 26.2 Å². The zero-order valence-electron chi connectivity index (χ0n) is 11.9. The lowest BCUT2D eigenvalue weighted by Crippen LogP contribution is -2.18. The molecule has 1 amide bonds. The molecule has 20 heavy (non-hydrogen) atoms.